The summed E-state index contributed by atoms with van der Waals surface area (Å²) in [6, 6.07) is 12.1. The molecule has 1 aromatic rings. The molecule has 16 heavy (non-hydrogen) atoms. The van der Waals surface area contributed by atoms with E-state index in [0.717, 1.165) is 24.0 Å². The Hall–Kier alpha value is -2.07. The molecular formula is C15H15N. The highest BCUT2D eigenvalue weighted by atomic mass is 14.2. The largest absolute Gasteiger partial charge is 0.193 e. The molecule has 80 valence electrons. The van der Waals surface area contributed by atoms with Crippen LogP contribution in [0.15, 0.2) is 60.7 Å². The van der Waals surface area contributed by atoms with Crippen LogP contribution in [0.2, 0.25) is 0 Å². The molecule has 0 saturated carbocycles. The van der Waals surface area contributed by atoms with Crippen LogP contribution in [0.4, 0.5) is 0 Å². The third-order valence-corrected chi connectivity index (χ3v) is 2.18. The SMILES string of the molecule is C=CCCC(C=Cc1ccccc1)=CC#N. The number of hydrogen-bond donors (Lipinski definition) is 0. The highest BCUT2D eigenvalue weighted by molar-refractivity contribution is 5.53. The van der Waals surface area contributed by atoms with Crippen molar-refractivity contribution in [3.8, 4) is 6.07 Å². The summed E-state index contributed by atoms with van der Waals surface area (Å²) >= 11 is 0. The lowest BCUT2D eigenvalue weighted by Crippen LogP contribution is -1.78. The molecule has 0 radical (unpaired) electrons. The maximum Gasteiger partial charge on any atom is 0.0914 e. The van der Waals surface area contributed by atoms with Gasteiger partial charge in [0.25, 0.3) is 0 Å². The Morgan fingerprint density at radius 2 is 2.06 bits per heavy atom. The summed E-state index contributed by atoms with van der Waals surface area (Å²) in [6.45, 7) is 3.68. The van der Waals surface area contributed by atoms with Crippen LogP contribution in [0.3, 0.4) is 0 Å². The molecule has 0 aromatic heterocycles. The van der Waals surface area contributed by atoms with Gasteiger partial charge in [-0.25, -0.2) is 0 Å². The van der Waals surface area contributed by atoms with Crippen molar-refractivity contribution in [3.05, 3.63) is 66.3 Å². The molecule has 0 aliphatic carbocycles. The first-order chi connectivity index (χ1) is 7.86. The minimum absolute atomic E-state index is 0.862. The van der Waals surface area contributed by atoms with E-state index in [1.54, 1.807) is 6.08 Å². The van der Waals surface area contributed by atoms with Gasteiger partial charge in [0.05, 0.1) is 6.07 Å². The van der Waals surface area contributed by atoms with Gasteiger partial charge in [0, 0.05) is 6.08 Å². The van der Waals surface area contributed by atoms with Gasteiger partial charge in [-0.1, -0.05) is 48.6 Å². The van der Waals surface area contributed by atoms with E-state index >= 15 is 0 Å². The molecule has 0 aliphatic rings. The van der Waals surface area contributed by atoms with E-state index in [0.29, 0.717) is 0 Å². The summed E-state index contributed by atoms with van der Waals surface area (Å²) in [6.07, 6.45) is 9.21. The van der Waals surface area contributed by atoms with Crippen molar-refractivity contribution in [2.75, 3.05) is 0 Å². The molecule has 0 aliphatic heterocycles. The average molecular weight is 209 g/mol. The number of rotatable bonds is 5. The smallest absolute Gasteiger partial charge is 0.0914 e. The standard InChI is InChI=1S/C15H15N/c1-2-3-7-15(12-13-16)11-10-14-8-5-4-6-9-14/h2,4-6,8-12H,1,3,7H2. The van der Waals surface area contributed by atoms with Crippen molar-refractivity contribution in [3.63, 3.8) is 0 Å². The maximum atomic E-state index is 8.65. The Kier molecular flexibility index (Phi) is 5.44. The minimum atomic E-state index is 0.862. The zero-order chi connectivity index (χ0) is 11.6. The van der Waals surface area contributed by atoms with Crippen LogP contribution in [0.5, 0.6) is 0 Å². The van der Waals surface area contributed by atoms with Gasteiger partial charge in [-0.2, -0.15) is 5.26 Å². The fourth-order valence-electron chi connectivity index (χ4n) is 1.32. The molecule has 0 unspecified atom stereocenters. The third kappa shape index (κ3) is 4.43. The quantitative estimate of drug-likeness (QED) is 0.406. The Bertz CT molecular complexity index is 418. The summed E-state index contributed by atoms with van der Waals surface area (Å²) in [5.74, 6) is 0. The predicted octanol–water partition coefficient (Wildman–Crippen LogP) is 4.12. The molecule has 1 heteroatoms. The zero-order valence-electron chi connectivity index (χ0n) is 9.26. The second kappa shape index (κ2) is 7.25. The van der Waals surface area contributed by atoms with Crippen molar-refractivity contribution in [1.29, 1.82) is 5.26 Å². The first-order valence-corrected chi connectivity index (χ1v) is 5.29. The number of allylic oxidation sites excluding steroid dienone is 4. The van der Waals surface area contributed by atoms with Gasteiger partial charge >= 0.3 is 0 Å². The van der Waals surface area contributed by atoms with E-state index in [-0.39, 0.29) is 0 Å². The Balaban J connectivity index is 2.69. The van der Waals surface area contributed by atoms with Gasteiger partial charge in [-0.05, 0) is 24.0 Å². The Labute approximate surface area is 97.0 Å². The molecule has 0 N–H and O–H groups in total. The van der Waals surface area contributed by atoms with Crippen LogP contribution in [-0.2, 0) is 0 Å². The van der Waals surface area contributed by atoms with E-state index < -0.39 is 0 Å². The first-order valence-electron chi connectivity index (χ1n) is 5.29. The lowest BCUT2D eigenvalue weighted by Gasteiger charge is -1.97. The molecule has 1 nitrogen and oxygen atoms in total. The minimum Gasteiger partial charge on any atom is -0.193 e. The van der Waals surface area contributed by atoms with Gasteiger partial charge in [-0.15, -0.1) is 6.58 Å². The van der Waals surface area contributed by atoms with Crippen molar-refractivity contribution in [2.24, 2.45) is 0 Å². The lowest BCUT2D eigenvalue weighted by atomic mass is 10.1. The van der Waals surface area contributed by atoms with Crippen molar-refractivity contribution in [1.82, 2.24) is 0 Å². The summed E-state index contributed by atoms with van der Waals surface area (Å²) in [5, 5.41) is 8.65. The van der Waals surface area contributed by atoms with Crippen LogP contribution in [0, 0.1) is 11.3 Å². The third-order valence-electron chi connectivity index (χ3n) is 2.18. The Morgan fingerprint density at radius 1 is 1.31 bits per heavy atom. The van der Waals surface area contributed by atoms with Crippen LogP contribution >= 0.6 is 0 Å². The van der Waals surface area contributed by atoms with Crippen LogP contribution < -0.4 is 0 Å². The maximum absolute atomic E-state index is 8.65. The monoisotopic (exact) mass is 209 g/mol. The van der Waals surface area contributed by atoms with Gasteiger partial charge in [0.1, 0.15) is 0 Å². The molecular weight excluding hydrogens is 194 g/mol. The molecule has 0 heterocycles. The van der Waals surface area contributed by atoms with Crippen LogP contribution in [0.1, 0.15) is 18.4 Å². The fraction of sp³-hybridized carbons (Fsp3) is 0.133. The summed E-state index contributed by atoms with van der Waals surface area (Å²) in [5.41, 5.74) is 2.18. The summed E-state index contributed by atoms with van der Waals surface area (Å²) in [7, 11) is 0. The molecule has 0 fully saturated rings. The average Bonchev–Trinajstić information content (AvgIpc) is 2.34. The zero-order valence-corrected chi connectivity index (χ0v) is 9.26. The number of hydrogen-bond acceptors (Lipinski definition) is 1. The van der Waals surface area contributed by atoms with Crippen LogP contribution in [0.25, 0.3) is 6.08 Å². The summed E-state index contributed by atoms with van der Waals surface area (Å²) in [4.78, 5) is 0. The molecule has 0 spiro atoms. The van der Waals surface area contributed by atoms with E-state index in [1.807, 2.05) is 48.6 Å². The number of benzene rings is 1. The normalized spacial score (nSPS) is 11.3. The van der Waals surface area contributed by atoms with Crippen molar-refractivity contribution >= 4 is 6.08 Å². The summed E-state index contributed by atoms with van der Waals surface area (Å²) < 4.78 is 0. The van der Waals surface area contributed by atoms with Gasteiger partial charge in [-0.3, -0.25) is 0 Å². The molecule has 0 saturated heterocycles. The van der Waals surface area contributed by atoms with E-state index in [1.165, 1.54) is 0 Å². The lowest BCUT2D eigenvalue weighted by molar-refractivity contribution is 1.01. The molecule has 1 rings (SSSR count). The van der Waals surface area contributed by atoms with E-state index in [2.05, 4.69) is 12.6 Å². The molecule has 0 bridgehead atoms. The van der Waals surface area contributed by atoms with Gasteiger partial charge < -0.3 is 0 Å². The van der Waals surface area contributed by atoms with Gasteiger partial charge in [0.15, 0.2) is 0 Å². The number of nitrogens with zero attached hydrogens (tertiary/aromatic N) is 1. The van der Waals surface area contributed by atoms with Gasteiger partial charge in [0.2, 0.25) is 0 Å². The highest BCUT2D eigenvalue weighted by Gasteiger charge is 1.91. The van der Waals surface area contributed by atoms with Crippen molar-refractivity contribution in [2.45, 2.75) is 12.8 Å². The molecule has 0 amide bonds. The topological polar surface area (TPSA) is 23.8 Å². The van der Waals surface area contributed by atoms with Crippen LogP contribution in [-0.4, -0.2) is 0 Å². The van der Waals surface area contributed by atoms with E-state index in [9.17, 15) is 0 Å². The van der Waals surface area contributed by atoms with E-state index in [4.69, 9.17) is 5.26 Å². The van der Waals surface area contributed by atoms with Crippen molar-refractivity contribution < 1.29 is 0 Å². The first kappa shape index (κ1) is 12.0. The second-order valence-corrected chi connectivity index (χ2v) is 3.42. The molecule has 0 atom stereocenters. The molecule has 1 aromatic carbocycles. The highest BCUT2D eigenvalue weighted by Crippen LogP contribution is 2.10. The fourth-order valence-corrected chi connectivity index (χ4v) is 1.32. The number of nitriles is 1. The second-order valence-electron chi connectivity index (χ2n) is 3.42. The Morgan fingerprint density at radius 3 is 2.69 bits per heavy atom. The predicted molar refractivity (Wildman–Crippen MR) is 68.6 cm³/mol.